The number of nitrogens with one attached hydrogen (secondary N) is 1. The summed E-state index contributed by atoms with van der Waals surface area (Å²) < 4.78 is 53.1. The van der Waals surface area contributed by atoms with Gasteiger partial charge in [0.1, 0.15) is 5.56 Å². The Kier molecular flexibility index (Phi) is 11.2. The number of halogens is 6. The van der Waals surface area contributed by atoms with Crippen LogP contribution in [0.2, 0.25) is 0 Å². The molecular weight excluding hydrogens is 435 g/mol. The molecule has 0 fully saturated rings. The highest BCUT2D eigenvalue weighted by Crippen LogP contribution is 2.16. The summed E-state index contributed by atoms with van der Waals surface area (Å²) in [6.07, 6.45) is 1.06. The van der Waals surface area contributed by atoms with Gasteiger partial charge in [-0.1, -0.05) is 11.8 Å². The van der Waals surface area contributed by atoms with E-state index in [4.69, 9.17) is 11.5 Å². The minimum Gasteiger partial charge on any atom is -0.330 e. The minimum atomic E-state index is -1.78. The van der Waals surface area contributed by atoms with Gasteiger partial charge in [-0.3, -0.25) is 4.79 Å². The highest BCUT2D eigenvalue weighted by molar-refractivity contribution is 5.94. The second-order valence-electron chi connectivity index (χ2n) is 5.55. The summed E-state index contributed by atoms with van der Waals surface area (Å²) in [6, 6.07) is 5.21. The standard InChI is InChI=1S/C18H16F4N4O.2ClH/c19-14-12(15(20)17(22)26-16(14)21)8-5-10-3-6-11(7-4-10)25-18(27)13(24)2-1-9-23;;/h3-4,6-7,13H,1-2,9,23-24H2,(H,25,27);2*1H. The van der Waals surface area contributed by atoms with Crippen LogP contribution in [0.25, 0.3) is 0 Å². The highest BCUT2D eigenvalue weighted by Gasteiger charge is 2.19. The average Bonchev–Trinajstić information content (AvgIpc) is 2.65. The lowest BCUT2D eigenvalue weighted by Gasteiger charge is -2.11. The summed E-state index contributed by atoms with van der Waals surface area (Å²) in [7, 11) is 0. The average molecular weight is 453 g/mol. The molecule has 1 atom stereocenters. The number of amides is 1. The molecule has 2 rings (SSSR count). The van der Waals surface area contributed by atoms with Crippen LogP contribution in [0.5, 0.6) is 0 Å². The van der Waals surface area contributed by atoms with Crippen LogP contribution in [-0.2, 0) is 4.79 Å². The van der Waals surface area contributed by atoms with E-state index in [-0.39, 0.29) is 30.7 Å². The molecule has 1 unspecified atom stereocenters. The van der Waals surface area contributed by atoms with Crippen molar-refractivity contribution in [3.8, 4) is 11.8 Å². The van der Waals surface area contributed by atoms with Crippen molar-refractivity contribution in [1.29, 1.82) is 0 Å². The molecule has 2 aromatic rings. The van der Waals surface area contributed by atoms with Gasteiger partial charge in [0.25, 0.3) is 11.9 Å². The van der Waals surface area contributed by atoms with Crippen LogP contribution in [-0.4, -0.2) is 23.5 Å². The Balaban J connectivity index is 0.00000392. The summed E-state index contributed by atoms with van der Waals surface area (Å²) in [6.45, 7) is 0.431. The largest absolute Gasteiger partial charge is 0.330 e. The van der Waals surface area contributed by atoms with Gasteiger partial charge in [0.15, 0.2) is 11.6 Å². The van der Waals surface area contributed by atoms with Crippen LogP contribution >= 0.6 is 24.8 Å². The molecule has 0 aliphatic carbocycles. The number of anilines is 1. The topological polar surface area (TPSA) is 94.0 Å². The molecule has 0 saturated heterocycles. The molecule has 1 aromatic carbocycles. The Morgan fingerprint density at radius 1 is 1.03 bits per heavy atom. The molecule has 0 saturated carbocycles. The van der Waals surface area contributed by atoms with Gasteiger partial charge in [0.2, 0.25) is 5.91 Å². The third-order valence-electron chi connectivity index (χ3n) is 3.54. The Hall–Kier alpha value is -2.38. The molecular formula is C18H18Cl2F4N4O. The van der Waals surface area contributed by atoms with Crippen LogP contribution in [0.15, 0.2) is 24.3 Å². The van der Waals surface area contributed by atoms with E-state index in [0.29, 0.717) is 30.6 Å². The third kappa shape index (κ3) is 7.18. The van der Waals surface area contributed by atoms with Crippen molar-refractivity contribution in [2.24, 2.45) is 11.5 Å². The van der Waals surface area contributed by atoms with Crippen molar-refractivity contribution < 1.29 is 22.4 Å². The summed E-state index contributed by atoms with van der Waals surface area (Å²) in [5.41, 5.74) is 10.8. The maximum absolute atomic E-state index is 13.5. The van der Waals surface area contributed by atoms with Gasteiger partial charge in [-0.15, -0.1) is 24.8 Å². The van der Waals surface area contributed by atoms with Crippen molar-refractivity contribution in [2.75, 3.05) is 11.9 Å². The zero-order chi connectivity index (χ0) is 20.0. The van der Waals surface area contributed by atoms with Crippen molar-refractivity contribution in [2.45, 2.75) is 18.9 Å². The van der Waals surface area contributed by atoms with Gasteiger partial charge in [-0.2, -0.15) is 13.8 Å². The molecule has 0 radical (unpaired) electrons. The number of pyridine rings is 1. The lowest BCUT2D eigenvalue weighted by Crippen LogP contribution is -2.35. The summed E-state index contributed by atoms with van der Waals surface area (Å²) in [5, 5.41) is 2.60. The molecule has 5 N–H and O–H groups in total. The number of hydrogen-bond acceptors (Lipinski definition) is 4. The SMILES string of the molecule is Cl.Cl.NCCCC(N)C(=O)Nc1ccc(C#Cc2c(F)c(F)nc(F)c2F)cc1. The van der Waals surface area contributed by atoms with E-state index in [2.05, 4.69) is 16.2 Å². The number of carbonyl (C=O) groups is 1. The van der Waals surface area contributed by atoms with Gasteiger partial charge in [-0.25, -0.2) is 8.78 Å². The van der Waals surface area contributed by atoms with Crippen molar-refractivity contribution in [3.05, 3.63) is 58.9 Å². The first-order valence-corrected chi connectivity index (χ1v) is 7.92. The van der Waals surface area contributed by atoms with E-state index in [1.807, 2.05) is 5.92 Å². The van der Waals surface area contributed by atoms with Crippen LogP contribution in [0.1, 0.15) is 24.0 Å². The predicted octanol–water partition coefficient (Wildman–Crippen LogP) is 2.89. The Morgan fingerprint density at radius 3 is 2.10 bits per heavy atom. The van der Waals surface area contributed by atoms with E-state index in [1.54, 1.807) is 0 Å². The first kappa shape index (κ1) is 26.6. The van der Waals surface area contributed by atoms with Crippen LogP contribution in [0, 0.1) is 35.4 Å². The monoisotopic (exact) mass is 452 g/mol. The van der Waals surface area contributed by atoms with E-state index >= 15 is 0 Å². The van der Waals surface area contributed by atoms with Gasteiger partial charge in [0, 0.05) is 11.3 Å². The van der Waals surface area contributed by atoms with E-state index < -0.39 is 35.1 Å². The number of carbonyl (C=O) groups excluding carboxylic acids is 1. The Morgan fingerprint density at radius 2 is 1.59 bits per heavy atom. The lowest BCUT2D eigenvalue weighted by molar-refractivity contribution is -0.117. The van der Waals surface area contributed by atoms with Crippen LogP contribution < -0.4 is 16.8 Å². The first-order valence-electron chi connectivity index (χ1n) is 7.92. The third-order valence-corrected chi connectivity index (χ3v) is 3.54. The molecule has 1 amide bonds. The number of rotatable bonds is 5. The van der Waals surface area contributed by atoms with Crippen molar-refractivity contribution in [3.63, 3.8) is 0 Å². The van der Waals surface area contributed by atoms with Gasteiger partial charge >= 0.3 is 0 Å². The normalized spacial score (nSPS) is 10.7. The predicted molar refractivity (Wildman–Crippen MR) is 106 cm³/mol. The number of benzene rings is 1. The van der Waals surface area contributed by atoms with Gasteiger partial charge in [-0.05, 0) is 43.7 Å². The summed E-state index contributed by atoms with van der Waals surface area (Å²) in [4.78, 5) is 14.3. The molecule has 0 bridgehead atoms. The second kappa shape index (κ2) is 12.2. The molecule has 158 valence electrons. The fourth-order valence-electron chi connectivity index (χ4n) is 2.07. The maximum atomic E-state index is 13.5. The molecule has 1 heterocycles. The number of nitrogens with zero attached hydrogens (tertiary/aromatic N) is 1. The van der Waals surface area contributed by atoms with Gasteiger partial charge < -0.3 is 16.8 Å². The van der Waals surface area contributed by atoms with Gasteiger partial charge in [0.05, 0.1) is 6.04 Å². The van der Waals surface area contributed by atoms with E-state index in [1.165, 1.54) is 24.3 Å². The van der Waals surface area contributed by atoms with E-state index in [0.717, 1.165) is 0 Å². The van der Waals surface area contributed by atoms with Crippen molar-refractivity contribution in [1.82, 2.24) is 4.98 Å². The minimum absolute atomic E-state index is 0. The molecule has 5 nitrogen and oxygen atoms in total. The molecule has 11 heteroatoms. The smallest absolute Gasteiger partial charge is 0.253 e. The van der Waals surface area contributed by atoms with E-state index in [9.17, 15) is 22.4 Å². The quantitative estimate of drug-likeness (QED) is 0.369. The fraction of sp³-hybridized carbons (Fsp3) is 0.222. The number of nitrogens with two attached hydrogens (primary N) is 2. The summed E-state index contributed by atoms with van der Waals surface area (Å²) in [5.74, 6) is -2.84. The summed E-state index contributed by atoms with van der Waals surface area (Å²) >= 11 is 0. The molecule has 0 aliphatic heterocycles. The second-order valence-corrected chi connectivity index (χ2v) is 5.55. The molecule has 1 aromatic heterocycles. The molecule has 29 heavy (non-hydrogen) atoms. The lowest BCUT2D eigenvalue weighted by atomic mass is 10.1. The first-order chi connectivity index (χ1) is 12.8. The highest BCUT2D eigenvalue weighted by atomic mass is 35.5. The Labute approximate surface area is 177 Å². The Bertz CT molecular complexity index is 875. The van der Waals surface area contributed by atoms with Crippen LogP contribution in [0.3, 0.4) is 0 Å². The fourth-order valence-corrected chi connectivity index (χ4v) is 2.07. The number of aromatic nitrogens is 1. The number of hydrogen-bond donors (Lipinski definition) is 3. The maximum Gasteiger partial charge on any atom is 0.253 e. The van der Waals surface area contributed by atoms with Crippen LogP contribution in [0.4, 0.5) is 23.2 Å². The molecule has 0 aliphatic rings. The van der Waals surface area contributed by atoms with Crippen molar-refractivity contribution >= 4 is 36.4 Å². The zero-order valence-corrected chi connectivity index (χ0v) is 16.5. The zero-order valence-electron chi connectivity index (χ0n) is 14.8. The molecule has 0 spiro atoms.